The van der Waals surface area contributed by atoms with E-state index in [0.29, 0.717) is 10.8 Å². The smallest absolute Gasteiger partial charge is 0.277 e. The Hall–Kier alpha value is -1.87. The summed E-state index contributed by atoms with van der Waals surface area (Å²) in [6.45, 7) is 4.04. The zero-order chi connectivity index (χ0) is 14.7. The van der Waals surface area contributed by atoms with Crippen molar-refractivity contribution in [3.05, 3.63) is 52.7 Å². The minimum absolute atomic E-state index is 0.0732. The number of hydrogen-bond donors (Lipinski definition) is 1. The molecule has 1 heterocycles. The van der Waals surface area contributed by atoms with Crippen molar-refractivity contribution >= 4 is 29.4 Å². The van der Waals surface area contributed by atoms with Crippen molar-refractivity contribution in [1.82, 2.24) is 0 Å². The summed E-state index contributed by atoms with van der Waals surface area (Å²) in [5, 5.41) is 0.573. The number of hydrogen-bond acceptors (Lipinski definition) is 2. The van der Waals surface area contributed by atoms with Gasteiger partial charge in [-0.25, -0.2) is 4.57 Å². The second-order valence-electron chi connectivity index (χ2n) is 5.02. The number of pyridine rings is 1. The molecule has 1 unspecified atom stereocenters. The van der Waals surface area contributed by atoms with Gasteiger partial charge in [0.2, 0.25) is 0 Å². The first-order valence-electron chi connectivity index (χ1n) is 6.50. The predicted octanol–water partition coefficient (Wildman–Crippen LogP) is 3.16. The van der Waals surface area contributed by atoms with Crippen molar-refractivity contribution in [3.63, 3.8) is 0 Å². The van der Waals surface area contributed by atoms with Gasteiger partial charge < -0.3 is 0 Å². The zero-order valence-corrected chi connectivity index (χ0v) is 12.4. The molecule has 0 saturated carbocycles. The van der Waals surface area contributed by atoms with Gasteiger partial charge in [-0.2, -0.15) is 0 Å². The van der Waals surface area contributed by atoms with E-state index in [9.17, 15) is 4.79 Å². The summed E-state index contributed by atoms with van der Waals surface area (Å²) in [4.78, 5) is 12.2. The molecule has 0 radical (unpaired) electrons. The van der Waals surface area contributed by atoms with Crippen LogP contribution in [0, 0.1) is 5.92 Å². The van der Waals surface area contributed by atoms with Crippen LogP contribution in [0.4, 0.5) is 5.82 Å². The van der Waals surface area contributed by atoms with Crippen LogP contribution in [0.5, 0.6) is 0 Å². The quantitative estimate of drug-likeness (QED) is 0.686. The molecule has 0 spiro atoms. The predicted molar refractivity (Wildman–Crippen MR) is 82.0 cm³/mol. The topological polar surface area (TPSA) is 47.0 Å². The fourth-order valence-corrected chi connectivity index (χ4v) is 2.42. The first-order chi connectivity index (χ1) is 9.47. The first kappa shape index (κ1) is 14.5. The molecule has 1 atom stereocenters. The molecule has 1 aromatic heterocycles. The van der Waals surface area contributed by atoms with Gasteiger partial charge in [0.15, 0.2) is 5.78 Å². The second-order valence-corrected chi connectivity index (χ2v) is 5.46. The minimum Gasteiger partial charge on any atom is -0.294 e. The molecule has 4 heteroatoms. The Morgan fingerprint density at radius 3 is 2.90 bits per heavy atom. The molecule has 104 valence electrons. The number of carbonyl (C=O) groups excluding carboxylic acids is 1. The van der Waals surface area contributed by atoms with Crippen molar-refractivity contribution < 1.29 is 9.36 Å². The zero-order valence-electron chi connectivity index (χ0n) is 11.6. The third-order valence-electron chi connectivity index (χ3n) is 3.40. The fourth-order valence-electron chi connectivity index (χ4n) is 2.25. The molecule has 0 saturated heterocycles. The average Bonchev–Trinajstić information content (AvgIpc) is 2.39. The summed E-state index contributed by atoms with van der Waals surface area (Å²) in [7, 11) is 0. The molecule has 2 rings (SSSR count). The molecule has 0 aliphatic heterocycles. The van der Waals surface area contributed by atoms with Gasteiger partial charge in [0, 0.05) is 18.1 Å². The molecule has 20 heavy (non-hydrogen) atoms. The van der Waals surface area contributed by atoms with Crippen molar-refractivity contribution in [3.8, 4) is 0 Å². The van der Waals surface area contributed by atoms with Gasteiger partial charge in [-0.15, -0.1) is 0 Å². The van der Waals surface area contributed by atoms with Gasteiger partial charge in [-0.3, -0.25) is 10.5 Å². The van der Waals surface area contributed by atoms with E-state index in [1.54, 1.807) is 35.2 Å². The molecule has 1 aromatic rings. The normalized spacial score (nSPS) is 18.9. The number of nitrogen functional groups attached to an aromatic ring is 1. The van der Waals surface area contributed by atoms with E-state index in [1.165, 1.54) is 5.57 Å². The number of aromatic nitrogens is 1. The third kappa shape index (κ3) is 3.36. The van der Waals surface area contributed by atoms with Crippen LogP contribution < -0.4 is 10.3 Å². The number of ketones is 1. The SMILES string of the molecule is CC1=CCC(C(=O)/C=C/[n+]2cc(Cl)ccc2N)C(C)=C1. The van der Waals surface area contributed by atoms with Gasteiger partial charge in [0.05, 0.1) is 11.2 Å². The Bertz CT molecular complexity index is 629. The van der Waals surface area contributed by atoms with Crippen molar-refractivity contribution in [2.75, 3.05) is 5.73 Å². The van der Waals surface area contributed by atoms with E-state index in [1.807, 2.05) is 13.8 Å². The highest BCUT2D eigenvalue weighted by atomic mass is 35.5. The summed E-state index contributed by atoms with van der Waals surface area (Å²) in [6, 6.07) is 3.42. The van der Waals surface area contributed by atoms with Crippen LogP contribution in [0.15, 0.2) is 47.7 Å². The number of carbonyl (C=O) groups is 1. The largest absolute Gasteiger partial charge is 0.294 e. The van der Waals surface area contributed by atoms with E-state index in [-0.39, 0.29) is 11.7 Å². The van der Waals surface area contributed by atoms with Gasteiger partial charge in [-0.1, -0.05) is 34.9 Å². The maximum atomic E-state index is 12.2. The van der Waals surface area contributed by atoms with Crippen LogP contribution in [0.2, 0.25) is 5.02 Å². The van der Waals surface area contributed by atoms with Crippen LogP contribution >= 0.6 is 11.6 Å². The summed E-state index contributed by atoms with van der Waals surface area (Å²) >= 11 is 5.91. The maximum absolute atomic E-state index is 12.2. The molecule has 0 aromatic carbocycles. The van der Waals surface area contributed by atoms with Crippen LogP contribution in [0.1, 0.15) is 20.3 Å². The molecule has 2 N–H and O–H groups in total. The lowest BCUT2D eigenvalue weighted by molar-refractivity contribution is -0.552. The number of nitrogens with zero attached hydrogens (tertiary/aromatic N) is 1. The highest BCUT2D eigenvalue weighted by Gasteiger charge is 2.19. The van der Waals surface area contributed by atoms with E-state index < -0.39 is 0 Å². The molecule has 1 aliphatic rings. The molecule has 3 nitrogen and oxygen atoms in total. The lowest BCUT2D eigenvalue weighted by atomic mass is 9.86. The van der Waals surface area contributed by atoms with E-state index in [2.05, 4.69) is 12.2 Å². The second kappa shape index (κ2) is 6.06. The highest BCUT2D eigenvalue weighted by molar-refractivity contribution is 6.30. The van der Waals surface area contributed by atoms with Crippen molar-refractivity contribution in [2.24, 2.45) is 5.92 Å². The lowest BCUT2D eigenvalue weighted by Crippen LogP contribution is -2.30. The van der Waals surface area contributed by atoms with Gasteiger partial charge >= 0.3 is 0 Å². The van der Waals surface area contributed by atoms with E-state index in [4.69, 9.17) is 17.3 Å². The standard InChI is InChI=1S/C16H17ClN2O/c1-11-3-5-14(12(2)9-11)15(20)7-8-19-10-13(17)4-6-16(19)18/h3-4,6-10,14,18H,5H2,1-2H3/p+1/b8-7+. The van der Waals surface area contributed by atoms with Gasteiger partial charge in [0.1, 0.15) is 6.20 Å². The Balaban J connectivity index is 2.14. The minimum atomic E-state index is -0.0732. The summed E-state index contributed by atoms with van der Waals surface area (Å²) in [5.74, 6) is 0.537. The summed E-state index contributed by atoms with van der Waals surface area (Å²) < 4.78 is 1.64. The Morgan fingerprint density at radius 1 is 1.45 bits per heavy atom. The van der Waals surface area contributed by atoms with Crippen molar-refractivity contribution in [1.29, 1.82) is 0 Å². The fraction of sp³-hybridized carbons (Fsp3) is 0.250. The first-order valence-corrected chi connectivity index (χ1v) is 6.88. The molecular formula is C16H18ClN2O+. The van der Waals surface area contributed by atoms with Crippen LogP contribution in [0.25, 0.3) is 6.20 Å². The monoisotopic (exact) mass is 289 g/mol. The van der Waals surface area contributed by atoms with Gasteiger partial charge in [-0.05, 0) is 26.3 Å². The van der Waals surface area contributed by atoms with Gasteiger partial charge in [0.25, 0.3) is 5.82 Å². The third-order valence-corrected chi connectivity index (χ3v) is 3.62. The molecular weight excluding hydrogens is 272 g/mol. The number of allylic oxidation sites excluding steroid dienone is 5. The Kier molecular flexibility index (Phi) is 4.40. The van der Waals surface area contributed by atoms with Crippen LogP contribution in [0.3, 0.4) is 0 Å². The molecule has 0 fully saturated rings. The number of halogens is 1. The van der Waals surface area contributed by atoms with Crippen LogP contribution in [-0.4, -0.2) is 5.78 Å². The molecule has 0 amide bonds. The van der Waals surface area contributed by atoms with E-state index in [0.717, 1.165) is 12.0 Å². The number of nitrogens with two attached hydrogens (primary N) is 1. The Morgan fingerprint density at radius 2 is 2.20 bits per heavy atom. The Labute approximate surface area is 124 Å². The number of rotatable bonds is 3. The molecule has 0 bridgehead atoms. The number of anilines is 1. The van der Waals surface area contributed by atoms with E-state index >= 15 is 0 Å². The maximum Gasteiger partial charge on any atom is 0.277 e. The molecule has 1 aliphatic carbocycles. The van der Waals surface area contributed by atoms with Crippen molar-refractivity contribution in [2.45, 2.75) is 20.3 Å². The van der Waals surface area contributed by atoms with Crippen LogP contribution in [-0.2, 0) is 4.79 Å². The lowest BCUT2D eigenvalue weighted by Gasteiger charge is -2.17. The average molecular weight is 290 g/mol. The summed E-state index contributed by atoms with van der Waals surface area (Å²) in [6.07, 6.45) is 9.79. The highest BCUT2D eigenvalue weighted by Crippen LogP contribution is 2.24. The summed E-state index contributed by atoms with van der Waals surface area (Å²) in [5.41, 5.74) is 8.13.